The molecule has 0 aromatic heterocycles. The Morgan fingerprint density at radius 2 is 1.75 bits per heavy atom. The predicted molar refractivity (Wildman–Crippen MR) is 60.7 cm³/mol. The maximum atomic E-state index is 12.8. The molecule has 2 nitrogen and oxygen atoms in total. The van der Waals surface area contributed by atoms with E-state index in [1.165, 1.54) is 19.2 Å². The highest BCUT2D eigenvalue weighted by Gasteiger charge is 2.36. The Hall–Kier alpha value is -0.970. The van der Waals surface area contributed by atoms with Crippen LogP contribution in [-0.4, -0.2) is 17.7 Å². The molecule has 0 radical (unpaired) electrons. The van der Waals surface area contributed by atoms with Gasteiger partial charge >= 0.3 is 4.83 Å². The zero-order valence-corrected chi connectivity index (χ0v) is 10.7. The molecule has 0 spiro atoms. The predicted octanol–water partition coefficient (Wildman–Crippen LogP) is 3.48. The summed E-state index contributed by atoms with van der Waals surface area (Å²) in [4.78, 5) is 7.81. The summed E-state index contributed by atoms with van der Waals surface area (Å²) in [5, 5.41) is 0. The first-order valence-electron chi connectivity index (χ1n) is 4.54. The van der Waals surface area contributed by atoms with Crippen LogP contribution in [0.5, 0.6) is 5.75 Å². The van der Waals surface area contributed by atoms with Crippen molar-refractivity contribution in [2.45, 2.75) is 18.7 Å². The fourth-order valence-corrected chi connectivity index (χ4v) is 1.80. The molecule has 1 aromatic carbocycles. The van der Waals surface area contributed by atoms with Gasteiger partial charge in [-0.1, -0.05) is 0 Å². The molecule has 0 aliphatic heterocycles. The van der Waals surface area contributed by atoms with E-state index in [2.05, 4.69) is 15.9 Å². The molecule has 0 amide bonds. The third kappa shape index (κ3) is 2.58. The van der Waals surface area contributed by atoms with E-state index in [1.807, 2.05) is 0 Å². The summed E-state index contributed by atoms with van der Waals surface area (Å²) in [5.74, 6) is -0.643. The van der Waals surface area contributed by atoms with E-state index in [-0.39, 0.29) is 5.56 Å². The maximum Gasteiger partial charge on any atom is 0.363 e. The highest BCUT2D eigenvalue weighted by atomic mass is 79.9. The normalized spacial score (nSPS) is 11.4. The third-order valence-corrected chi connectivity index (χ3v) is 2.54. The summed E-state index contributed by atoms with van der Waals surface area (Å²) in [6.07, 6.45) is 0. The molecule has 0 atom stereocenters. The minimum atomic E-state index is -3.53. The smallest absolute Gasteiger partial charge is 0.363 e. The Labute approximate surface area is 101 Å². The van der Waals surface area contributed by atoms with Crippen LogP contribution in [0.4, 0.5) is 8.78 Å². The first-order chi connectivity index (χ1) is 7.27. The average Bonchev–Trinajstić information content (AvgIpc) is 2.14. The molecule has 5 heteroatoms. The molecule has 0 fully saturated rings. The second-order valence-electron chi connectivity index (χ2n) is 3.47. The van der Waals surface area contributed by atoms with Gasteiger partial charge in [0.1, 0.15) is 5.75 Å². The van der Waals surface area contributed by atoms with Crippen molar-refractivity contribution in [1.82, 2.24) is 0 Å². The minimum Gasteiger partial charge on any atom is -0.496 e. The standard InChI is InChI=1S/C11H11BrF2O2/c1-6-4-8(10(15)11(12,13)14)5-7(2)9(6)16-3/h4-5H,1-3H3. The highest BCUT2D eigenvalue weighted by Crippen LogP contribution is 2.30. The summed E-state index contributed by atoms with van der Waals surface area (Å²) < 4.78 is 30.7. The number of hydrogen-bond donors (Lipinski definition) is 0. The van der Waals surface area contributed by atoms with Crippen molar-refractivity contribution in [3.8, 4) is 5.75 Å². The minimum absolute atomic E-state index is 0.0299. The lowest BCUT2D eigenvalue weighted by Gasteiger charge is -2.12. The molecule has 0 saturated heterocycles. The maximum absolute atomic E-state index is 12.8. The van der Waals surface area contributed by atoms with Crippen LogP contribution in [0.1, 0.15) is 21.5 Å². The van der Waals surface area contributed by atoms with Gasteiger partial charge in [-0.2, -0.15) is 8.78 Å². The number of halogens is 3. The first kappa shape index (κ1) is 13.1. The number of aryl methyl sites for hydroxylation is 2. The first-order valence-corrected chi connectivity index (χ1v) is 5.33. The van der Waals surface area contributed by atoms with E-state index in [4.69, 9.17) is 4.74 Å². The van der Waals surface area contributed by atoms with Gasteiger partial charge in [0, 0.05) is 5.56 Å². The van der Waals surface area contributed by atoms with Crippen LogP contribution >= 0.6 is 15.9 Å². The van der Waals surface area contributed by atoms with Crippen molar-refractivity contribution in [2.24, 2.45) is 0 Å². The average molecular weight is 293 g/mol. The van der Waals surface area contributed by atoms with Gasteiger partial charge in [-0.3, -0.25) is 4.79 Å². The van der Waals surface area contributed by atoms with Gasteiger partial charge in [0.25, 0.3) is 0 Å². The number of hydrogen-bond acceptors (Lipinski definition) is 2. The Morgan fingerprint density at radius 3 is 2.06 bits per heavy atom. The van der Waals surface area contributed by atoms with E-state index < -0.39 is 10.6 Å². The van der Waals surface area contributed by atoms with Crippen LogP contribution in [0, 0.1) is 13.8 Å². The lowest BCUT2D eigenvalue weighted by Crippen LogP contribution is -2.21. The van der Waals surface area contributed by atoms with Crippen LogP contribution < -0.4 is 4.74 Å². The van der Waals surface area contributed by atoms with E-state index in [0.717, 1.165) is 0 Å². The number of carbonyl (C=O) groups excluding carboxylic acids is 1. The summed E-state index contributed by atoms with van der Waals surface area (Å²) in [6.45, 7) is 3.41. The molecule has 0 N–H and O–H groups in total. The van der Waals surface area contributed by atoms with Crippen molar-refractivity contribution < 1.29 is 18.3 Å². The Balaban J connectivity index is 3.24. The zero-order valence-electron chi connectivity index (χ0n) is 9.11. The summed E-state index contributed by atoms with van der Waals surface area (Å²) in [5.41, 5.74) is 1.28. The molecule has 1 rings (SSSR count). The lowest BCUT2D eigenvalue weighted by atomic mass is 10.0. The molecule has 16 heavy (non-hydrogen) atoms. The van der Waals surface area contributed by atoms with Crippen LogP contribution in [0.2, 0.25) is 0 Å². The number of ether oxygens (including phenoxy) is 1. The molecule has 0 bridgehead atoms. The molecule has 0 saturated carbocycles. The van der Waals surface area contributed by atoms with Gasteiger partial charge in [0.2, 0.25) is 5.78 Å². The van der Waals surface area contributed by atoms with Crippen molar-refractivity contribution in [1.29, 1.82) is 0 Å². The zero-order chi connectivity index (χ0) is 12.5. The Kier molecular flexibility index (Phi) is 3.68. The van der Waals surface area contributed by atoms with Crippen LogP contribution in [0.3, 0.4) is 0 Å². The summed E-state index contributed by atoms with van der Waals surface area (Å²) in [7, 11) is 1.50. The van der Waals surface area contributed by atoms with Gasteiger partial charge in [-0.05, 0) is 53.0 Å². The third-order valence-electron chi connectivity index (χ3n) is 2.18. The number of carbonyl (C=O) groups is 1. The van der Waals surface area contributed by atoms with Gasteiger partial charge in [0.15, 0.2) is 0 Å². The molecular formula is C11H11BrF2O2. The molecular weight excluding hydrogens is 282 g/mol. The fourth-order valence-electron chi connectivity index (χ4n) is 1.57. The lowest BCUT2D eigenvalue weighted by molar-refractivity contribution is 0.0592. The second-order valence-corrected chi connectivity index (χ2v) is 4.47. The number of ketones is 1. The van der Waals surface area contributed by atoms with Gasteiger partial charge in [0.05, 0.1) is 7.11 Å². The monoisotopic (exact) mass is 292 g/mol. The van der Waals surface area contributed by atoms with Crippen molar-refractivity contribution >= 4 is 21.7 Å². The van der Waals surface area contributed by atoms with Crippen LogP contribution in [-0.2, 0) is 0 Å². The molecule has 0 aliphatic carbocycles. The largest absolute Gasteiger partial charge is 0.496 e. The molecule has 0 heterocycles. The van der Waals surface area contributed by atoms with Crippen molar-refractivity contribution in [3.05, 3.63) is 28.8 Å². The van der Waals surface area contributed by atoms with Crippen LogP contribution in [0.15, 0.2) is 12.1 Å². The number of Topliss-reactive ketones (excluding diaryl/α,β-unsaturated/α-hetero) is 1. The quantitative estimate of drug-likeness (QED) is 0.630. The summed E-state index contributed by atoms with van der Waals surface area (Å²) >= 11 is 2.05. The van der Waals surface area contributed by atoms with E-state index in [9.17, 15) is 13.6 Å². The highest BCUT2D eigenvalue weighted by molar-refractivity contribution is 9.10. The Morgan fingerprint density at radius 1 is 1.31 bits per heavy atom. The van der Waals surface area contributed by atoms with E-state index in [1.54, 1.807) is 13.8 Å². The fraction of sp³-hybridized carbons (Fsp3) is 0.364. The van der Waals surface area contributed by atoms with Gasteiger partial charge in [-0.25, -0.2) is 0 Å². The molecule has 0 unspecified atom stereocenters. The second kappa shape index (κ2) is 4.49. The Bertz CT molecular complexity index is 401. The van der Waals surface area contributed by atoms with E-state index >= 15 is 0 Å². The topological polar surface area (TPSA) is 26.3 Å². The number of methoxy groups -OCH3 is 1. The molecule has 0 aliphatic rings. The molecule has 1 aromatic rings. The van der Waals surface area contributed by atoms with Gasteiger partial charge < -0.3 is 4.74 Å². The number of alkyl halides is 3. The van der Waals surface area contributed by atoms with Crippen molar-refractivity contribution in [2.75, 3.05) is 7.11 Å². The van der Waals surface area contributed by atoms with E-state index in [0.29, 0.717) is 16.9 Å². The van der Waals surface area contributed by atoms with Gasteiger partial charge in [-0.15, -0.1) is 0 Å². The summed E-state index contributed by atoms with van der Waals surface area (Å²) in [6, 6.07) is 2.78. The number of rotatable bonds is 3. The van der Waals surface area contributed by atoms with Crippen molar-refractivity contribution in [3.63, 3.8) is 0 Å². The molecule has 88 valence electrons. The number of benzene rings is 1. The van der Waals surface area contributed by atoms with Crippen LogP contribution in [0.25, 0.3) is 0 Å². The SMILES string of the molecule is COc1c(C)cc(C(=O)C(F)(F)Br)cc1C.